The molecule has 0 atom stereocenters. The maximum atomic E-state index is 13.4. The largest absolute Gasteiger partial charge is 0.505 e. The van der Waals surface area contributed by atoms with Crippen LogP contribution in [-0.2, 0) is 6.54 Å². The molecule has 1 aromatic carbocycles. The Kier molecular flexibility index (Phi) is 7.05. The first-order valence-corrected chi connectivity index (χ1v) is 9.17. The zero-order chi connectivity index (χ0) is 18.3. The normalized spacial score (nSPS) is 16.7. The van der Waals surface area contributed by atoms with Crippen LogP contribution in [0.3, 0.4) is 0 Å². The van der Waals surface area contributed by atoms with Crippen molar-refractivity contribution in [2.24, 2.45) is 4.99 Å². The van der Waals surface area contributed by atoms with Gasteiger partial charge in [0.1, 0.15) is 0 Å². The van der Waals surface area contributed by atoms with Crippen molar-refractivity contribution >= 4 is 5.96 Å². The number of likely N-dealkylation sites (tertiary alicyclic amines) is 1. The fraction of sp³-hybridized carbons (Fsp3) is 0.632. The Morgan fingerprint density at radius 1 is 1.24 bits per heavy atom. The van der Waals surface area contributed by atoms with Gasteiger partial charge in [0, 0.05) is 18.6 Å². The molecule has 0 radical (unpaired) electrons. The monoisotopic (exact) mass is 350 g/mol. The first kappa shape index (κ1) is 19.5. The number of hydrogen-bond donors (Lipinski definition) is 3. The number of piperidine rings is 1. The molecule has 3 N–H and O–H groups in total. The van der Waals surface area contributed by atoms with Gasteiger partial charge in [0.25, 0.3) is 0 Å². The van der Waals surface area contributed by atoms with Crippen LogP contribution in [0.4, 0.5) is 4.39 Å². The van der Waals surface area contributed by atoms with Crippen molar-refractivity contribution in [3.05, 3.63) is 29.6 Å². The molecular weight excluding hydrogens is 319 g/mol. The number of benzene rings is 1. The van der Waals surface area contributed by atoms with Crippen LogP contribution >= 0.6 is 0 Å². The average Bonchev–Trinajstić information content (AvgIpc) is 2.61. The molecular formula is C19H31FN4O. The van der Waals surface area contributed by atoms with E-state index in [2.05, 4.69) is 34.4 Å². The van der Waals surface area contributed by atoms with E-state index in [0.29, 0.717) is 6.54 Å². The lowest BCUT2D eigenvalue weighted by molar-refractivity contribution is 0.0982. The van der Waals surface area contributed by atoms with Gasteiger partial charge in [-0.25, -0.2) is 9.38 Å². The van der Waals surface area contributed by atoms with Gasteiger partial charge in [0.15, 0.2) is 17.5 Å². The number of aromatic hydroxyl groups is 1. The van der Waals surface area contributed by atoms with Crippen LogP contribution < -0.4 is 10.6 Å². The van der Waals surface area contributed by atoms with Crippen molar-refractivity contribution in [2.45, 2.75) is 52.1 Å². The van der Waals surface area contributed by atoms with Crippen molar-refractivity contribution in [1.29, 1.82) is 0 Å². The van der Waals surface area contributed by atoms with Crippen molar-refractivity contribution in [3.63, 3.8) is 0 Å². The Morgan fingerprint density at radius 2 is 1.96 bits per heavy atom. The standard InChI is InChI=1S/C19H31FN4O/c1-4-21-18(22-13-15-8-9-17(25)16(20)12-15)23-14-19(2,3)24-10-6-5-7-11-24/h8-9,12,25H,4-7,10-11,13-14H2,1-3H3,(H2,21,22,23). The summed E-state index contributed by atoms with van der Waals surface area (Å²) in [4.78, 5) is 7.06. The molecule has 1 fully saturated rings. The molecule has 25 heavy (non-hydrogen) atoms. The summed E-state index contributed by atoms with van der Waals surface area (Å²) >= 11 is 0. The minimum atomic E-state index is -0.614. The summed E-state index contributed by atoms with van der Waals surface area (Å²) in [5.41, 5.74) is 0.782. The maximum absolute atomic E-state index is 13.4. The van der Waals surface area contributed by atoms with Gasteiger partial charge in [-0.1, -0.05) is 12.5 Å². The number of guanidine groups is 1. The molecule has 0 unspecified atom stereocenters. The molecule has 1 saturated heterocycles. The lowest BCUT2D eigenvalue weighted by atomic mass is 9.98. The molecule has 0 amide bonds. The molecule has 0 saturated carbocycles. The van der Waals surface area contributed by atoms with Gasteiger partial charge in [-0.2, -0.15) is 0 Å². The molecule has 5 nitrogen and oxygen atoms in total. The molecule has 1 aromatic rings. The van der Waals surface area contributed by atoms with Gasteiger partial charge in [0.05, 0.1) is 6.54 Å². The molecule has 1 aliphatic heterocycles. The van der Waals surface area contributed by atoms with Crippen molar-refractivity contribution in [3.8, 4) is 5.75 Å². The number of aliphatic imine (C=N–C) groups is 1. The van der Waals surface area contributed by atoms with E-state index in [4.69, 9.17) is 0 Å². The average molecular weight is 350 g/mol. The fourth-order valence-corrected chi connectivity index (χ4v) is 3.07. The third-order valence-electron chi connectivity index (χ3n) is 4.68. The van der Waals surface area contributed by atoms with E-state index < -0.39 is 5.82 Å². The predicted octanol–water partition coefficient (Wildman–Crippen LogP) is 2.85. The van der Waals surface area contributed by atoms with Gasteiger partial charge >= 0.3 is 0 Å². The molecule has 6 heteroatoms. The minimum absolute atomic E-state index is 0.0568. The Bertz CT molecular complexity index is 583. The van der Waals surface area contributed by atoms with Crippen LogP contribution in [0, 0.1) is 5.82 Å². The highest BCUT2D eigenvalue weighted by Crippen LogP contribution is 2.20. The Hall–Kier alpha value is -1.82. The van der Waals surface area contributed by atoms with Crippen LogP contribution in [0.5, 0.6) is 5.75 Å². The maximum Gasteiger partial charge on any atom is 0.191 e. The summed E-state index contributed by atoms with van der Waals surface area (Å²) < 4.78 is 13.4. The lowest BCUT2D eigenvalue weighted by Crippen LogP contribution is -2.54. The van der Waals surface area contributed by atoms with E-state index in [1.165, 1.54) is 31.4 Å². The Balaban J connectivity index is 1.95. The number of nitrogens with zero attached hydrogens (tertiary/aromatic N) is 2. The Labute approximate surface area is 150 Å². The smallest absolute Gasteiger partial charge is 0.191 e. The van der Waals surface area contributed by atoms with E-state index in [9.17, 15) is 9.50 Å². The molecule has 0 aliphatic carbocycles. The first-order chi connectivity index (χ1) is 11.9. The lowest BCUT2D eigenvalue weighted by Gasteiger charge is -2.41. The molecule has 2 rings (SSSR count). The van der Waals surface area contributed by atoms with Gasteiger partial charge < -0.3 is 15.7 Å². The summed E-state index contributed by atoms with van der Waals surface area (Å²) in [5.74, 6) is -0.223. The van der Waals surface area contributed by atoms with Crippen LogP contribution in [-0.4, -0.2) is 47.7 Å². The van der Waals surface area contributed by atoms with Crippen LogP contribution in [0.25, 0.3) is 0 Å². The van der Waals surface area contributed by atoms with Gasteiger partial charge in [0.2, 0.25) is 0 Å². The van der Waals surface area contributed by atoms with Crippen LogP contribution in [0.1, 0.15) is 45.6 Å². The number of phenolic OH excluding ortho intramolecular Hbond substituents is 1. The molecule has 1 heterocycles. The summed E-state index contributed by atoms with van der Waals surface area (Å²) in [7, 11) is 0. The molecule has 140 valence electrons. The van der Waals surface area contributed by atoms with E-state index in [-0.39, 0.29) is 11.3 Å². The second kappa shape index (κ2) is 9.04. The third-order valence-corrected chi connectivity index (χ3v) is 4.68. The summed E-state index contributed by atoms with van der Waals surface area (Å²) in [6, 6.07) is 4.36. The number of rotatable bonds is 6. The van der Waals surface area contributed by atoms with E-state index >= 15 is 0 Å². The van der Waals surface area contributed by atoms with Gasteiger partial charge in [-0.3, -0.25) is 4.90 Å². The topological polar surface area (TPSA) is 59.9 Å². The van der Waals surface area contributed by atoms with Crippen molar-refractivity contribution in [2.75, 3.05) is 26.2 Å². The van der Waals surface area contributed by atoms with Gasteiger partial charge in [-0.15, -0.1) is 0 Å². The Morgan fingerprint density at radius 3 is 2.60 bits per heavy atom. The second-order valence-electron chi connectivity index (χ2n) is 7.19. The number of nitrogens with one attached hydrogen (secondary N) is 2. The van der Waals surface area contributed by atoms with Gasteiger partial charge in [-0.05, 0) is 64.4 Å². The predicted molar refractivity (Wildman–Crippen MR) is 100 cm³/mol. The number of hydrogen-bond acceptors (Lipinski definition) is 3. The highest BCUT2D eigenvalue weighted by Gasteiger charge is 2.27. The molecule has 0 spiro atoms. The number of phenols is 1. The third kappa shape index (κ3) is 5.88. The summed E-state index contributed by atoms with van der Waals surface area (Å²) in [6.07, 6.45) is 3.86. The highest BCUT2D eigenvalue weighted by molar-refractivity contribution is 5.79. The number of halogens is 1. The first-order valence-electron chi connectivity index (χ1n) is 9.17. The summed E-state index contributed by atoms with van der Waals surface area (Å²) in [5, 5.41) is 15.9. The highest BCUT2D eigenvalue weighted by atomic mass is 19.1. The molecule has 1 aliphatic rings. The van der Waals surface area contributed by atoms with E-state index in [1.807, 2.05) is 6.92 Å². The van der Waals surface area contributed by atoms with E-state index in [1.54, 1.807) is 6.07 Å². The van der Waals surface area contributed by atoms with Crippen LogP contribution in [0.15, 0.2) is 23.2 Å². The molecule has 0 bridgehead atoms. The van der Waals surface area contributed by atoms with Crippen molar-refractivity contribution < 1.29 is 9.50 Å². The second-order valence-corrected chi connectivity index (χ2v) is 7.19. The quantitative estimate of drug-likeness (QED) is 0.545. The zero-order valence-electron chi connectivity index (χ0n) is 15.6. The minimum Gasteiger partial charge on any atom is -0.505 e. The zero-order valence-corrected chi connectivity index (χ0v) is 15.6. The fourth-order valence-electron chi connectivity index (χ4n) is 3.07. The SMILES string of the molecule is CCNC(=NCc1ccc(O)c(F)c1)NCC(C)(C)N1CCCCC1. The van der Waals surface area contributed by atoms with Crippen molar-refractivity contribution in [1.82, 2.24) is 15.5 Å². The summed E-state index contributed by atoms with van der Waals surface area (Å²) in [6.45, 7) is 10.7. The molecule has 0 aromatic heterocycles. The van der Waals surface area contributed by atoms with E-state index in [0.717, 1.165) is 37.7 Å². The van der Waals surface area contributed by atoms with Crippen LogP contribution in [0.2, 0.25) is 0 Å².